The number of alkyl halides is 2. The quantitative estimate of drug-likeness (QED) is 0.780. The van der Waals surface area contributed by atoms with Crippen LogP contribution in [0.1, 0.15) is 23.6 Å². The van der Waals surface area contributed by atoms with Gasteiger partial charge in [0.05, 0.1) is 0 Å². The van der Waals surface area contributed by atoms with Crippen molar-refractivity contribution in [3.63, 3.8) is 0 Å². The van der Waals surface area contributed by atoms with Gasteiger partial charge in [-0.15, -0.1) is 0 Å². The van der Waals surface area contributed by atoms with Gasteiger partial charge in [-0.3, -0.25) is 0 Å². The Kier molecular flexibility index (Phi) is 3.68. The van der Waals surface area contributed by atoms with Crippen molar-refractivity contribution in [1.82, 2.24) is 0 Å². The highest BCUT2D eigenvalue weighted by Crippen LogP contribution is 2.24. The Morgan fingerprint density at radius 3 is 2.33 bits per heavy atom. The van der Waals surface area contributed by atoms with Crippen LogP contribution in [-0.4, -0.2) is 6.43 Å². The lowest BCUT2D eigenvalue weighted by atomic mass is 10.0. The molecule has 0 heterocycles. The molecular formula is C10H11F4N. The first-order valence-electron chi connectivity index (χ1n) is 4.41. The van der Waals surface area contributed by atoms with Crippen LogP contribution in [0.3, 0.4) is 0 Å². The van der Waals surface area contributed by atoms with Gasteiger partial charge in [0, 0.05) is 18.0 Å². The molecule has 0 aromatic heterocycles. The van der Waals surface area contributed by atoms with Crippen LogP contribution < -0.4 is 5.73 Å². The van der Waals surface area contributed by atoms with Crippen molar-refractivity contribution >= 4 is 0 Å². The van der Waals surface area contributed by atoms with E-state index in [2.05, 4.69) is 0 Å². The Bertz CT molecular complexity index is 352. The van der Waals surface area contributed by atoms with Gasteiger partial charge < -0.3 is 5.73 Å². The van der Waals surface area contributed by atoms with Crippen LogP contribution in [0.2, 0.25) is 0 Å². The number of halogens is 4. The van der Waals surface area contributed by atoms with Crippen molar-refractivity contribution in [2.75, 3.05) is 0 Å². The van der Waals surface area contributed by atoms with Crippen LogP contribution in [0.25, 0.3) is 0 Å². The molecule has 1 nitrogen and oxygen atoms in total. The first-order chi connectivity index (χ1) is 6.93. The molecule has 0 aliphatic rings. The number of hydrogen-bond acceptors (Lipinski definition) is 1. The van der Waals surface area contributed by atoms with Crippen molar-refractivity contribution in [3.05, 3.63) is 34.9 Å². The van der Waals surface area contributed by atoms with Gasteiger partial charge >= 0.3 is 0 Å². The molecule has 0 saturated heterocycles. The maximum Gasteiger partial charge on any atom is 0.240 e. The Morgan fingerprint density at radius 1 is 1.20 bits per heavy atom. The molecule has 0 bridgehead atoms. The van der Waals surface area contributed by atoms with E-state index in [1.54, 1.807) is 0 Å². The average molecular weight is 221 g/mol. The van der Waals surface area contributed by atoms with Crippen LogP contribution in [-0.2, 0) is 0 Å². The lowest BCUT2D eigenvalue weighted by Gasteiger charge is -2.13. The molecule has 0 spiro atoms. The first-order valence-corrected chi connectivity index (χ1v) is 4.41. The van der Waals surface area contributed by atoms with E-state index >= 15 is 0 Å². The second-order valence-electron chi connectivity index (χ2n) is 3.33. The van der Waals surface area contributed by atoms with Crippen molar-refractivity contribution in [3.8, 4) is 0 Å². The molecule has 15 heavy (non-hydrogen) atoms. The summed E-state index contributed by atoms with van der Waals surface area (Å²) in [5.41, 5.74) is 5.24. The molecule has 0 amide bonds. The Balaban J connectivity index is 3.00. The predicted octanol–water partition coefficient (Wildman–Crippen LogP) is 2.93. The number of hydrogen-bond donors (Lipinski definition) is 1. The summed E-state index contributed by atoms with van der Waals surface area (Å²) < 4.78 is 50.3. The molecule has 1 atom stereocenters. The molecule has 5 heteroatoms. The predicted molar refractivity (Wildman–Crippen MR) is 48.6 cm³/mol. The molecule has 84 valence electrons. The van der Waals surface area contributed by atoms with Crippen molar-refractivity contribution < 1.29 is 17.6 Å². The van der Waals surface area contributed by atoms with Gasteiger partial charge in [-0.05, 0) is 12.5 Å². The van der Waals surface area contributed by atoms with Crippen molar-refractivity contribution in [1.29, 1.82) is 0 Å². The van der Waals surface area contributed by atoms with Crippen molar-refractivity contribution in [2.45, 2.75) is 25.8 Å². The molecule has 1 aromatic carbocycles. The fraction of sp³-hybridized carbons (Fsp3) is 0.400. The van der Waals surface area contributed by atoms with E-state index in [0.717, 1.165) is 0 Å². The van der Waals surface area contributed by atoms with Crippen LogP contribution in [0, 0.1) is 18.6 Å². The van der Waals surface area contributed by atoms with E-state index in [4.69, 9.17) is 5.73 Å². The summed E-state index contributed by atoms with van der Waals surface area (Å²) in [5.74, 6) is -2.17. The zero-order valence-corrected chi connectivity index (χ0v) is 8.11. The highest BCUT2D eigenvalue weighted by Gasteiger charge is 2.19. The van der Waals surface area contributed by atoms with Gasteiger partial charge in [0.2, 0.25) is 6.43 Å². The molecule has 0 radical (unpaired) electrons. The van der Waals surface area contributed by atoms with Crippen molar-refractivity contribution in [2.24, 2.45) is 5.73 Å². The topological polar surface area (TPSA) is 26.0 Å². The third-order valence-corrected chi connectivity index (χ3v) is 2.14. The molecule has 2 N–H and O–H groups in total. The Hall–Kier alpha value is -1.10. The van der Waals surface area contributed by atoms with E-state index in [1.807, 2.05) is 0 Å². The minimum absolute atomic E-state index is 0.125. The fourth-order valence-corrected chi connectivity index (χ4v) is 1.27. The number of nitrogens with two attached hydrogens (primary N) is 1. The largest absolute Gasteiger partial charge is 0.324 e. The second-order valence-corrected chi connectivity index (χ2v) is 3.33. The summed E-state index contributed by atoms with van der Waals surface area (Å²) in [5, 5.41) is 0. The lowest BCUT2D eigenvalue weighted by molar-refractivity contribution is 0.128. The molecule has 1 aromatic rings. The van der Waals surface area contributed by atoms with Gasteiger partial charge in [-0.25, -0.2) is 17.6 Å². The minimum atomic E-state index is -2.64. The van der Waals surface area contributed by atoms with Gasteiger partial charge in [-0.2, -0.15) is 0 Å². The second kappa shape index (κ2) is 4.61. The summed E-state index contributed by atoms with van der Waals surface area (Å²) in [4.78, 5) is 0. The van der Waals surface area contributed by atoms with E-state index in [1.165, 1.54) is 19.1 Å². The monoisotopic (exact) mass is 221 g/mol. The summed E-state index contributed by atoms with van der Waals surface area (Å²) in [6.45, 7) is 1.39. The van der Waals surface area contributed by atoms with Crippen LogP contribution >= 0.6 is 0 Å². The van der Waals surface area contributed by atoms with E-state index in [0.29, 0.717) is 0 Å². The molecule has 0 unspecified atom stereocenters. The maximum absolute atomic E-state index is 13.3. The number of benzene rings is 1. The summed E-state index contributed by atoms with van der Waals surface area (Å²) >= 11 is 0. The molecular weight excluding hydrogens is 210 g/mol. The first kappa shape index (κ1) is 12.0. The molecule has 0 saturated carbocycles. The SMILES string of the molecule is Cc1ccc([C@H](N)CC(F)F)c(F)c1F. The fourth-order valence-electron chi connectivity index (χ4n) is 1.27. The van der Waals surface area contributed by atoms with Gasteiger partial charge in [0.15, 0.2) is 11.6 Å². The molecule has 0 fully saturated rings. The highest BCUT2D eigenvalue weighted by molar-refractivity contribution is 5.27. The summed E-state index contributed by atoms with van der Waals surface area (Å²) in [6, 6.07) is 1.37. The zero-order chi connectivity index (χ0) is 11.6. The van der Waals surface area contributed by atoms with E-state index < -0.39 is 30.5 Å². The Labute approximate surface area is 84.9 Å². The van der Waals surface area contributed by atoms with Gasteiger partial charge in [-0.1, -0.05) is 12.1 Å². The van der Waals surface area contributed by atoms with Gasteiger partial charge in [0.25, 0.3) is 0 Å². The summed E-state index contributed by atoms with van der Waals surface area (Å²) in [7, 11) is 0. The van der Waals surface area contributed by atoms with Gasteiger partial charge in [0.1, 0.15) is 0 Å². The zero-order valence-electron chi connectivity index (χ0n) is 8.11. The van der Waals surface area contributed by atoms with Crippen LogP contribution in [0.4, 0.5) is 17.6 Å². The van der Waals surface area contributed by atoms with Crippen LogP contribution in [0.15, 0.2) is 12.1 Å². The smallest absolute Gasteiger partial charge is 0.240 e. The van der Waals surface area contributed by atoms with E-state index in [9.17, 15) is 17.6 Å². The summed E-state index contributed by atoms with van der Waals surface area (Å²) in [6.07, 6.45) is -3.32. The number of aryl methyl sites for hydroxylation is 1. The lowest BCUT2D eigenvalue weighted by Crippen LogP contribution is -2.16. The minimum Gasteiger partial charge on any atom is -0.324 e. The third kappa shape index (κ3) is 2.68. The normalized spacial score (nSPS) is 13.3. The third-order valence-electron chi connectivity index (χ3n) is 2.14. The van der Waals surface area contributed by atoms with Crippen LogP contribution in [0.5, 0.6) is 0 Å². The van der Waals surface area contributed by atoms with E-state index in [-0.39, 0.29) is 11.1 Å². The molecule has 0 aliphatic carbocycles. The highest BCUT2D eigenvalue weighted by atomic mass is 19.3. The standard InChI is InChI=1S/C10H11F4N/c1-5-2-3-6(10(14)9(5)13)7(15)4-8(11)12/h2-3,7-8H,4,15H2,1H3/t7-/m1/s1. The Morgan fingerprint density at radius 2 is 1.80 bits per heavy atom. The maximum atomic E-state index is 13.3. The molecule has 1 rings (SSSR count). The number of rotatable bonds is 3. The average Bonchev–Trinajstić information content (AvgIpc) is 2.13. The molecule has 0 aliphatic heterocycles.